The zero-order valence-electron chi connectivity index (χ0n) is 12.5. The van der Waals surface area contributed by atoms with Crippen LogP contribution in [-0.4, -0.2) is 22.4 Å². The van der Waals surface area contributed by atoms with Crippen LogP contribution in [0.2, 0.25) is 0 Å². The fraction of sp³-hybridized carbons (Fsp3) is 0.222. The number of hydrogen-bond acceptors (Lipinski definition) is 2. The summed E-state index contributed by atoms with van der Waals surface area (Å²) in [6.45, 7) is 2.78. The summed E-state index contributed by atoms with van der Waals surface area (Å²) in [6.07, 6.45) is 2.62. The maximum Gasteiger partial charge on any atom is 0.251 e. The van der Waals surface area contributed by atoms with Crippen molar-refractivity contribution in [3.8, 4) is 0 Å². The summed E-state index contributed by atoms with van der Waals surface area (Å²) < 4.78 is 0. The van der Waals surface area contributed by atoms with Gasteiger partial charge in [0, 0.05) is 18.0 Å². The highest BCUT2D eigenvalue weighted by Crippen LogP contribution is 2.18. The van der Waals surface area contributed by atoms with Crippen LogP contribution in [0.1, 0.15) is 35.2 Å². The van der Waals surface area contributed by atoms with Gasteiger partial charge >= 0.3 is 0 Å². The fourth-order valence-corrected chi connectivity index (χ4v) is 2.62. The number of rotatable bonds is 5. The third kappa shape index (κ3) is 3.01. The molecule has 0 unspecified atom stereocenters. The van der Waals surface area contributed by atoms with Gasteiger partial charge in [0.05, 0.1) is 17.4 Å². The number of aromatic amines is 1. The molecule has 2 N–H and O–H groups in total. The lowest BCUT2D eigenvalue weighted by atomic mass is 9.96. The maximum atomic E-state index is 12.3. The number of fused-ring (bicyclic) bond motifs is 1. The van der Waals surface area contributed by atoms with Crippen LogP contribution in [-0.2, 0) is 0 Å². The van der Waals surface area contributed by atoms with Crippen LogP contribution in [0.15, 0.2) is 54.9 Å². The molecule has 0 saturated heterocycles. The van der Waals surface area contributed by atoms with Gasteiger partial charge in [0.25, 0.3) is 5.91 Å². The molecule has 3 aromatic rings. The zero-order valence-corrected chi connectivity index (χ0v) is 12.5. The summed E-state index contributed by atoms with van der Waals surface area (Å²) in [5.74, 6) is 0.284. The second-order valence-electron chi connectivity index (χ2n) is 5.36. The van der Waals surface area contributed by atoms with Crippen LogP contribution in [0.5, 0.6) is 0 Å². The molecule has 1 amide bonds. The molecule has 0 aliphatic rings. The van der Waals surface area contributed by atoms with E-state index >= 15 is 0 Å². The largest absolute Gasteiger partial charge is 0.351 e. The highest BCUT2D eigenvalue weighted by atomic mass is 16.1. The lowest BCUT2D eigenvalue weighted by Crippen LogP contribution is -2.28. The Morgan fingerprint density at radius 1 is 1.23 bits per heavy atom. The second kappa shape index (κ2) is 6.43. The molecule has 0 aliphatic carbocycles. The number of imidazole rings is 1. The Morgan fingerprint density at radius 3 is 2.82 bits per heavy atom. The molecular weight excluding hydrogens is 274 g/mol. The summed E-state index contributed by atoms with van der Waals surface area (Å²) in [4.78, 5) is 19.5. The van der Waals surface area contributed by atoms with Gasteiger partial charge in [0.1, 0.15) is 0 Å². The minimum absolute atomic E-state index is 0.0501. The number of hydrogen-bond donors (Lipinski definition) is 2. The first kappa shape index (κ1) is 14.3. The lowest BCUT2D eigenvalue weighted by molar-refractivity contribution is 0.0951. The minimum atomic E-state index is -0.0501. The second-order valence-corrected chi connectivity index (χ2v) is 5.36. The first-order chi connectivity index (χ1) is 10.8. The normalized spacial score (nSPS) is 12.2. The number of amides is 1. The van der Waals surface area contributed by atoms with E-state index in [1.54, 1.807) is 6.33 Å². The molecule has 0 aliphatic heterocycles. The molecule has 0 radical (unpaired) electrons. The molecule has 1 aromatic heterocycles. The van der Waals surface area contributed by atoms with Crippen molar-refractivity contribution in [2.45, 2.75) is 19.3 Å². The molecule has 2 aromatic carbocycles. The summed E-state index contributed by atoms with van der Waals surface area (Å²) >= 11 is 0. The maximum absolute atomic E-state index is 12.3. The standard InChI is InChI=1S/C18H19N3O/c1-2-13(14-6-4-3-5-7-14)11-19-18(22)15-8-9-16-17(10-15)21-12-20-16/h3-10,12-13H,2,11H2,1H3,(H,19,22)(H,20,21)/t13-/m1/s1. The van der Waals surface area contributed by atoms with E-state index in [1.807, 2.05) is 36.4 Å². The zero-order chi connectivity index (χ0) is 15.4. The van der Waals surface area contributed by atoms with Crippen LogP contribution in [0.4, 0.5) is 0 Å². The Morgan fingerprint density at radius 2 is 2.05 bits per heavy atom. The van der Waals surface area contributed by atoms with Gasteiger partial charge in [0.15, 0.2) is 0 Å². The molecule has 3 rings (SSSR count). The van der Waals surface area contributed by atoms with Gasteiger partial charge in [-0.3, -0.25) is 4.79 Å². The first-order valence-corrected chi connectivity index (χ1v) is 7.54. The van der Waals surface area contributed by atoms with Crippen LogP contribution in [0.3, 0.4) is 0 Å². The van der Waals surface area contributed by atoms with Crippen molar-refractivity contribution in [1.82, 2.24) is 15.3 Å². The van der Waals surface area contributed by atoms with Gasteiger partial charge in [-0.15, -0.1) is 0 Å². The molecule has 0 saturated carbocycles. The topological polar surface area (TPSA) is 57.8 Å². The summed E-state index contributed by atoms with van der Waals surface area (Å²) in [6, 6.07) is 15.8. The van der Waals surface area contributed by atoms with Crippen molar-refractivity contribution in [2.75, 3.05) is 6.54 Å². The molecule has 112 valence electrons. The molecule has 1 heterocycles. The van der Waals surface area contributed by atoms with Crippen molar-refractivity contribution in [2.24, 2.45) is 0 Å². The summed E-state index contributed by atoms with van der Waals surface area (Å²) in [5, 5.41) is 3.03. The molecule has 4 heteroatoms. The third-order valence-corrected chi connectivity index (χ3v) is 3.96. The molecule has 22 heavy (non-hydrogen) atoms. The van der Waals surface area contributed by atoms with Crippen LogP contribution in [0.25, 0.3) is 11.0 Å². The molecule has 0 bridgehead atoms. The monoisotopic (exact) mass is 293 g/mol. The highest BCUT2D eigenvalue weighted by Gasteiger charge is 2.12. The van der Waals surface area contributed by atoms with Crippen LogP contribution in [0, 0.1) is 0 Å². The lowest BCUT2D eigenvalue weighted by Gasteiger charge is -2.16. The molecular formula is C18H19N3O. The van der Waals surface area contributed by atoms with Crippen molar-refractivity contribution >= 4 is 16.9 Å². The quantitative estimate of drug-likeness (QED) is 0.756. The van der Waals surface area contributed by atoms with E-state index in [0.29, 0.717) is 18.0 Å². The number of carbonyl (C=O) groups excluding carboxylic acids is 1. The average molecular weight is 293 g/mol. The van der Waals surface area contributed by atoms with E-state index in [1.165, 1.54) is 5.56 Å². The summed E-state index contributed by atoms with van der Waals surface area (Å²) in [7, 11) is 0. The van der Waals surface area contributed by atoms with Crippen LogP contribution < -0.4 is 5.32 Å². The van der Waals surface area contributed by atoms with Gasteiger partial charge in [-0.25, -0.2) is 4.98 Å². The first-order valence-electron chi connectivity index (χ1n) is 7.54. The number of aromatic nitrogens is 2. The molecule has 0 spiro atoms. The van der Waals surface area contributed by atoms with E-state index in [4.69, 9.17) is 0 Å². The van der Waals surface area contributed by atoms with Gasteiger partial charge < -0.3 is 10.3 Å². The minimum Gasteiger partial charge on any atom is -0.351 e. The molecule has 1 atom stereocenters. The number of carbonyl (C=O) groups is 1. The molecule has 4 nitrogen and oxygen atoms in total. The predicted octanol–water partition coefficient (Wildman–Crippen LogP) is 3.49. The van der Waals surface area contributed by atoms with Gasteiger partial charge in [0.2, 0.25) is 0 Å². The molecule has 0 fully saturated rings. The van der Waals surface area contributed by atoms with Crippen molar-refractivity contribution in [3.63, 3.8) is 0 Å². The Kier molecular flexibility index (Phi) is 4.19. The number of benzene rings is 2. The van der Waals surface area contributed by atoms with E-state index in [0.717, 1.165) is 17.5 Å². The number of nitrogens with zero attached hydrogens (tertiary/aromatic N) is 1. The fourth-order valence-electron chi connectivity index (χ4n) is 2.62. The SMILES string of the molecule is CC[C@H](CNC(=O)c1ccc2nc[nH]c2c1)c1ccccc1. The average Bonchev–Trinajstić information content (AvgIpc) is 3.03. The van der Waals surface area contributed by atoms with Gasteiger partial charge in [-0.2, -0.15) is 0 Å². The van der Waals surface area contributed by atoms with Crippen molar-refractivity contribution < 1.29 is 4.79 Å². The smallest absolute Gasteiger partial charge is 0.251 e. The van der Waals surface area contributed by atoms with Crippen LogP contribution >= 0.6 is 0 Å². The Bertz CT molecular complexity index is 764. The highest BCUT2D eigenvalue weighted by molar-refractivity contribution is 5.97. The number of nitrogens with one attached hydrogen (secondary N) is 2. The Labute approximate surface area is 129 Å². The number of H-pyrrole nitrogens is 1. The van der Waals surface area contributed by atoms with E-state index in [2.05, 4.69) is 34.3 Å². The van der Waals surface area contributed by atoms with Crippen molar-refractivity contribution in [3.05, 3.63) is 66.0 Å². The van der Waals surface area contributed by atoms with E-state index in [9.17, 15) is 4.79 Å². The van der Waals surface area contributed by atoms with E-state index < -0.39 is 0 Å². The predicted molar refractivity (Wildman–Crippen MR) is 87.9 cm³/mol. The Balaban J connectivity index is 1.68. The summed E-state index contributed by atoms with van der Waals surface area (Å²) in [5.41, 5.74) is 3.66. The van der Waals surface area contributed by atoms with Gasteiger partial charge in [-0.05, 0) is 30.2 Å². The van der Waals surface area contributed by atoms with E-state index in [-0.39, 0.29) is 5.91 Å². The van der Waals surface area contributed by atoms with Crippen molar-refractivity contribution in [1.29, 1.82) is 0 Å². The van der Waals surface area contributed by atoms with Gasteiger partial charge in [-0.1, -0.05) is 37.3 Å². The third-order valence-electron chi connectivity index (χ3n) is 3.96. The Hall–Kier alpha value is -2.62.